The van der Waals surface area contributed by atoms with Gasteiger partial charge < -0.3 is 10.1 Å². The Morgan fingerprint density at radius 3 is 2.45 bits per heavy atom. The molecule has 1 atom stereocenters. The molecule has 8 heteroatoms. The molecular formula is C21H21BrF4N2O. The van der Waals surface area contributed by atoms with Crippen LogP contribution >= 0.6 is 15.9 Å². The Morgan fingerprint density at radius 2 is 1.83 bits per heavy atom. The molecule has 2 aromatic carbocycles. The van der Waals surface area contributed by atoms with Crippen LogP contribution in [-0.4, -0.2) is 40.1 Å². The Kier molecular flexibility index (Phi) is 6.65. The lowest BCUT2D eigenvalue weighted by Crippen LogP contribution is -2.46. The van der Waals surface area contributed by atoms with Crippen LogP contribution in [0, 0.1) is 11.6 Å². The minimum Gasteiger partial charge on any atom is -0.390 e. The molecule has 0 bridgehead atoms. The van der Waals surface area contributed by atoms with Gasteiger partial charge in [-0.2, -0.15) is 0 Å². The van der Waals surface area contributed by atoms with E-state index in [1.807, 2.05) is 25.1 Å². The monoisotopic (exact) mass is 472 g/mol. The van der Waals surface area contributed by atoms with Crippen LogP contribution in [0.1, 0.15) is 18.2 Å². The van der Waals surface area contributed by atoms with Gasteiger partial charge in [-0.3, -0.25) is 4.90 Å². The second-order valence-corrected chi connectivity index (χ2v) is 8.10. The highest BCUT2D eigenvalue weighted by atomic mass is 79.9. The van der Waals surface area contributed by atoms with Gasteiger partial charge in [0, 0.05) is 39.7 Å². The van der Waals surface area contributed by atoms with Crippen molar-refractivity contribution in [2.75, 3.05) is 13.2 Å². The number of aromatic amines is 1. The van der Waals surface area contributed by atoms with Gasteiger partial charge in [-0.15, -0.1) is 0 Å². The zero-order valence-corrected chi connectivity index (χ0v) is 17.3. The number of hydrogen-bond acceptors (Lipinski definition) is 2. The number of H-pyrrole nitrogens is 1. The van der Waals surface area contributed by atoms with Crippen molar-refractivity contribution in [3.05, 3.63) is 69.8 Å². The van der Waals surface area contributed by atoms with Crippen LogP contribution < -0.4 is 0 Å². The summed E-state index contributed by atoms with van der Waals surface area (Å²) in [5.41, 5.74) is 3.30. The number of aliphatic hydroxyl groups is 1. The van der Waals surface area contributed by atoms with E-state index in [0.717, 1.165) is 23.7 Å². The molecule has 2 N–H and O–H groups in total. The van der Waals surface area contributed by atoms with E-state index in [9.17, 15) is 17.6 Å². The molecule has 3 aromatic rings. The van der Waals surface area contributed by atoms with Crippen molar-refractivity contribution in [3.8, 4) is 0 Å². The molecule has 0 aliphatic carbocycles. The molecular weight excluding hydrogens is 452 g/mol. The van der Waals surface area contributed by atoms with Gasteiger partial charge in [0.2, 0.25) is 0 Å². The van der Waals surface area contributed by atoms with Crippen molar-refractivity contribution >= 4 is 26.8 Å². The Morgan fingerprint density at radius 1 is 1.17 bits per heavy atom. The summed E-state index contributed by atoms with van der Waals surface area (Å²) in [5.74, 6) is -4.18. The van der Waals surface area contributed by atoms with Crippen molar-refractivity contribution in [2.45, 2.75) is 31.9 Å². The number of nitrogens with one attached hydrogen (secondary N) is 1. The van der Waals surface area contributed by atoms with Crippen molar-refractivity contribution in [2.24, 2.45) is 0 Å². The van der Waals surface area contributed by atoms with Gasteiger partial charge >= 0.3 is 0 Å². The van der Waals surface area contributed by atoms with Crippen molar-refractivity contribution < 1.29 is 22.7 Å². The van der Waals surface area contributed by atoms with E-state index in [1.54, 1.807) is 4.90 Å². The van der Waals surface area contributed by atoms with E-state index in [-0.39, 0.29) is 6.04 Å². The SMILES string of the molecule is CC1Cc2c([nH]c3ccccc23)CN1CC(F)(F)CO.Fc1cc(F)cc(Br)c1. The normalized spacial score (nSPS) is 17.0. The second kappa shape index (κ2) is 8.85. The molecule has 0 saturated carbocycles. The molecule has 0 spiro atoms. The van der Waals surface area contributed by atoms with E-state index in [1.165, 1.54) is 23.1 Å². The molecule has 2 heterocycles. The Hall–Kier alpha value is -1.90. The summed E-state index contributed by atoms with van der Waals surface area (Å²) in [6, 6.07) is 11.3. The van der Waals surface area contributed by atoms with Gasteiger partial charge in [-0.1, -0.05) is 34.1 Å². The highest BCUT2D eigenvalue weighted by molar-refractivity contribution is 9.10. The fourth-order valence-electron chi connectivity index (χ4n) is 3.49. The van der Waals surface area contributed by atoms with E-state index >= 15 is 0 Å². The molecule has 3 nitrogen and oxygen atoms in total. The van der Waals surface area contributed by atoms with Crippen molar-refractivity contribution in [3.63, 3.8) is 0 Å². The molecule has 0 saturated heterocycles. The number of alkyl halides is 2. The van der Waals surface area contributed by atoms with Crippen LogP contribution in [0.4, 0.5) is 17.6 Å². The smallest absolute Gasteiger partial charge is 0.283 e. The number of aliphatic hydroxyl groups excluding tert-OH is 1. The quantitative estimate of drug-likeness (QED) is 0.509. The number of nitrogens with zero attached hydrogens (tertiary/aromatic N) is 1. The predicted molar refractivity (Wildman–Crippen MR) is 108 cm³/mol. The molecule has 156 valence electrons. The highest BCUT2D eigenvalue weighted by Crippen LogP contribution is 2.31. The summed E-state index contributed by atoms with van der Waals surface area (Å²) >= 11 is 2.93. The molecule has 1 aliphatic heterocycles. The number of para-hydroxylation sites is 1. The highest BCUT2D eigenvalue weighted by Gasteiger charge is 2.35. The van der Waals surface area contributed by atoms with Crippen molar-refractivity contribution in [1.82, 2.24) is 9.88 Å². The number of hydrogen-bond donors (Lipinski definition) is 2. The lowest BCUT2D eigenvalue weighted by atomic mass is 9.97. The third kappa shape index (κ3) is 5.38. The molecule has 29 heavy (non-hydrogen) atoms. The fraction of sp³-hybridized carbons (Fsp3) is 0.333. The minimum absolute atomic E-state index is 0.0409. The molecule has 0 amide bonds. The molecule has 1 unspecified atom stereocenters. The molecule has 0 radical (unpaired) electrons. The number of benzene rings is 2. The maximum atomic E-state index is 13.4. The number of fused-ring (bicyclic) bond motifs is 3. The Bertz CT molecular complexity index is 941. The molecule has 1 aliphatic rings. The number of halogens is 5. The van der Waals surface area contributed by atoms with Gasteiger partial charge in [-0.25, -0.2) is 17.6 Å². The minimum atomic E-state index is -3.04. The van der Waals surface area contributed by atoms with E-state index in [2.05, 4.69) is 27.0 Å². The number of rotatable bonds is 3. The van der Waals surface area contributed by atoms with Gasteiger partial charge in [0.1, 0.15) is 18.2 Å². The lowest BCUT2D eigenvalue weighted by Gasteiger charge is -2.35. The summed E-state index contributed by atoms with van der Waals surface area (Å²) in [6.45, 7) is 0.925. The van der Waals surface area contributed by atoms with Gasteiger partial charge in [0.15, 0.2) is 0 Å². The third-order valence-electron chi connectivity index (χ3n) is 4.88. The summed E-state index contributed by atoms with van der Waals surface area (Å²) in [6.07, 6.45) is 0.751. The first-order valence-electron chi connectivity index (χ1n) is 9.11. The topological polar surface area (TPSA) is 39.3 Å². The van der Waals surface area contributed by atoms with E-state index in [0.29, 0.717) is 11.0 Å². The zero-order chi connectivity index (χ0) is 21.2. The maximum absolute atomic E-state index is 13.4. The molecule has 4 rings (SSSR count). The van der Waals surface area contributed by atoms with Gasteiger partial charge in [-0.05, 0) is 37.1 Å². The molecule has 0 fully saturated rings. The molecule has 1 aromatic heterocycles. The predicted octanol–water partition coefficient (Wildman–Crippen LogP) is 5.27. The Balaban J connectivity index is 0.000000224. The lowest BCUT2D eigenvalue weighted by molar-refractivity contribution is -0.0819. The average Bonchev–Trinajstić information content (AvgIpc) is 2.98. The van der Waals surface area contributed by atoms with E-state index < -0.39 is 30.7 Å². The summed E-state index contributed by atoms with van der Waals surface area (Å²) in [4.78, 5) is 5.05. The first-order chi connectivity index (χ1) is 13.7. The first kappa shape index (κ1) is 21.8. The van der Waals surface area contributed by atoms with Crippen LogP contribution in [0.5, 0.6) is 0 Å². The maximum Gasteiger partial charge on any atom is 0.283 e. The van der Waals surface area contributed by atoms with Crippen molar-refractivity contribution in [1.29, 1.82) is 0 Å². The van der Waals surface area contributed by atoms with Crippen LogP contribution in [-0.2, 0) is 13.0 Å². The fourth-order valence-corrected chi connectivity index (χ4v) is 3.92. The summed E-state index contributed by atoms with van der Waals surface area (Å²) < 4.78 is 51.5. The zero-order valence-electron chi connectivity index (χ0n) is 15.7. The largest absolute Gasteiger partial charge is 0.390 e. The van der Waals surface area contributed by atoms with Crippen LogP contribution in [0.15, 0.2) is 46.9 Å². The average molecular weight is 473 g/mol. The van der Waals surface area contributed by atoms with E-state index in [4.69, 9.17) is 5.11 Å². The standard InChI is InChI=1S/C15H18F2N2O.C6H3BrF2/c1-10-6-12-11-4-2-3-5-13(11)18-14(12)7-19(10)8-15(16,17)9-20;7-4-1-5(8)3-6(9)2-4/h2-5,10,18,20H,6-9H2,1H3;1-3H. The van der Waals surface area contributed by atoms with Crippen LogP contribution in [0.2, 0.25) is 0 Å². The summed E-state index contributed by atoms with van der Waals surface area (Å²) in [5, 5.41) is 9.92. The summed E-state index contributed by atoms with van der Waals surface area (Å²) in [7, 11) is 0. The second-order valence-electron chi connectivity index (χ2n) is 7.19. The van der Waals surface area contributed by atoms with Crippen LogP contribution in [0.3, 0.4) is 0 Å². The number of aromatic nitrogens is 1. The Labute approximate surface area is 174 Å². The van der Waals surface area contributed by atoms with Crippen LogP contribution in [0.25, 0.3) is 10.9 Å². The van der Waals surface area contributed by atoms with Gasteiger partial charge in [0.25, 0.3) is 5.92 Å². The first-order valence-corrected chi connectivity index (χ1v) is 9.90. The third-order valence-corrected chi connectivity index (χ3v) is 5.34. The van der Waals surface area contributed by atoms with Gasteiger partial charge in [0.05, 0.1) is 6.54 Å².